The molecular formula is C13H17NO5. The standard InChI is InChI=1S/C13H17NO5/c1-17-12(15)9-14(10-13(16)18-2)7-3-5-11-6-4-8-19-11/h3-6,8H,7,9-10H2,1-2H3/b5-3-. The van der Waals surface area contributed by atoms with Crippen molar-refractivity contribution in [2.24, 2.45) is 0 Å². The Labute approximate surface area is 111 Å². The number of ether oxygens (including phenoxy) is 2. The van der Waals surface area contributed by atoms with E-state index in [0.29, 0.717) is 12.3 Å². The number of carbonyl (C=O) groups excluding carboxylic acids is 2. The zero-order valence-corrected chi connectivity index (χ0v) is 11.0. The van der Waals surface area contributed by atoms with Crippen LogP contribution in [-0.4, -0.2) is 50.7 Å². The molecule has 0 N–H and O–H groups in total. The van der Waals surface area contributed by atoms with Crippen LogP contribution in [0.2, 0.25) is 0 Å². The third kappa shape index (κ3) is 5.87. The molecule has 1 aromatic rings. The van der Waals surface area contributed by atoms with Gasteiger partial charge in [-0.1, -0.05) is 6.08 Å². The Kier molecular flexibility index (Phi) is 6.38. The van der Waals surface area contributed by atoms with E-state index in [2.05, 4.69) is 9.47 Å². The molecule has 0 spiro atoms. The predicted molar refractivity (Wildman–Crippen MR) is 68.2 cm³/mol. The van der Waals surface area contributed by atoms with Crippen LogP contribution in [0.3, 0.4) is 0 Å². The summed E-state index contributed by atoms with van der Waals surface area (Å²) in [7, 11) is 2.61. The smallest absolute Gasteiger partial charge is 0.319 e. The summed E-state index contributed by atoms with van der Waals surface area (Å²) in [5, 5.41) is 0. The first-order valence-corrected chi connectivity index (χ1v) is 5.71. The van der Waals surface area contributed by atoms with Crippen molar-refractivity contribution in [1.29, 1.82) is 0 Å². The maximum Gasteiger partial charge on any atom is 0.319 e. The van der Waals surface area contributed by atoms with E-state index in [-0.39, 0.29) is 13.1 Å². The van der Waals surface area contributed by atoms with Crippen LogP contribution in [0.25, 0.3) is 6.08 Å². The number of hydrogen-bond acceptors (Lipinski definition) is 6. The van der Waals surface area contributed by atoms with Crippen molar-refractivity contribution in [2.45, 2.75) is 0 Å². The van der Waals surface area contributed by atoms with Gasteiger partial charge in [0.15, 0.2) is 0 Å². The van der Waals surface area contributed by atoms with Gasteiger partial charge in [0.2, 0.25) is 0 Å². The number of carbonyl (C=O) groups is 2. The van der Waals surface area contributed by atoms with Crippen molar-refractivity contribution in [3.8, 4) is 0 Å². The Balaban J connectivity index is 2.52. The molecule has 104 valence electrons. The van der Waals surface area contributed by atoms with Gasteiger partial charge < -0.3 is 13.9 Å². The molecule has 1 heterocycles. The lowest BCUT2D eigenvalue weighted by atomic mass is 10.3. The average Bonchev–Trinajstić information content (AvgIpc) is 2.91. The molecule has 1 rings (SSSR count). The van der Waals surface area contributed by atoms with Gasteiger partial charge in [0.05, 0.1) is 33.6 Å². The van der Waals surface area contributed by atoms with Gasteiger partial charge in [-0.2, -0.15) is 0 Å². The maximum absolute atomic E-state index is 11.2. The van der Waals surface area contributed by atoms with E-state index in [9.17, 15) is 9.59 Å². The monoisotopic (exact) mass is 267 g/mol. The van der Waals surface area contributed by atoms with E-state index in [1.807, 2.05) is 0 Å². The highest BCUT2D eigenvalue weighted by atomic mass is 16.5. The third-order valence-electron chi connectivity index (χ3n) is 2.35. The average molecular weight is 267 g/mol. The molecule has 0 aliphatic heterocycles. The van der Waals surface area contributed by atoms with Gasteiger partial charge in [0.25, 0.3) is 0 Å². The van der Waals surface area contributed by atoms with Crippen molar-refractivity contribution in [3.63, 3.8) is 0 Å². The predicted octanol–water partition coefficient (Wildman–Crippen LogP) is 0.941. The minimum Gasteiger partial charge on any atom is -0.468 e. The topological polar surface area (TPSA) is 69.0 Å². The summed E-state index contributed by atoms with van der Waals surface area (Å²) in [5.74, 6) is -0.110. The van der Waals surface area contributed by atoms with Crippen LogP contribution < -0.4 is 0 Å². The Hall–Kier alpha value is -2.08. The fourth-order valence-corrected chi connectivity index (χ4v) is 1.38. The molecule has 19 heavy (non-hydrogen) atoms. The molecule has 0 aliphatic rings. The molecule has 6 nitrogen and oxygen atoms in total. The lowest BCUT2D eigenvalue weighted by Crippen LogP contribution is -2.35. The van der Waals surface area contributed by atoms with Crippen molar-refractivity contribution < 1.29 is 23.5 Å². The number of nitrogens with zero attached hydrogens (tertiary/aromatic N) is 1. The fraction of sp³-hybridized carbons (Fsp3) is 0.385. The van der Waals surface area contributed by atoms with Gasteiger partial charge >= 0.3 is 11.9 Å². The Morgan fingerprint density at radius 1 is 1.26 bits per heavy atom. The second-order valence-electron chi connectivity index (χ2n) is 3.74. The van der Waals surface area contributed by atoms with Crippen molar-refractivity contribution in [3.05, 3.63) is 30.2 Å². The molecule has 0 bridgehead atoms. The molecule has 0 saturated heterocycles. The van der Waals surface area contributed by atoms with E-state index in [4.69, 9.17) is 4.42 Å². The van der Waals surface area contributed by atoms with Crippen LogP contribution >= 0.6 is 0 Å². The van der Waals surface area contributed by atoms with Crippen LogP contribution in [0, 0.1) is 0 Å². The Morgan fingerprint density at radius 3 is 2.37 bits per heavy atom. The summed E-state index contributed by atoms with van der Waals surface area (Å²) in [6.07, 6.45) is 5.13. The van der Waals surface area contributed by atoms with E-state index in [0.717, 1.165) is 0 Å². The van der Waals surface area contributed by atoms with Crippen molar-refractivity contribution >= 4 is 18.0 Å². The first-order chi connectivity index (χ1) is 9.15. The number of furan rings is 1. The van der Waals surface area contributed by atoms with E-state index in [1.54, 1.807) is 35.4 Å². The highest BCUT2D eigenvalue weighted by Gasteiger charge is 2.13. The Bertz CT molecular complexity index is 406. The molecular weight excluding hydrogens is 250 g/mol. The van der Waals surface area contributed by atoms with Crippen LogP contribution in [0.4, 0.5) is 0 Å². The minimum absolute atomic E-state index is 0.0219. The molecule has 0 fully saturated rings. The third-order valence-corrected chi connectivity index (χ3v) is 2.35. The molecule has 0 aromatic carbocycles. The van der Waals surface area contributed by atoms with Crippen LogP contribution in [-0.2, 0) is 19.1 Å². The number of esters is 2. The van der Waals surface area contributed by atoms with Crippen LogP contribution in [0.15, 0.2) is 28.9 Å². The zero-order valence-electron chi connectivity index (χ0n) is 11.0. The summed E-state index contributed by atoms with van der Waals surface area (Å²) in [5.41, 5.74) is 0. The Morgan fingerprint density at radius 2 is 1.89 bits per heavy atom. The van der Waals surface area contributed by atoms with Crippen LogP contribution in [0.1, 0.15) is 5.76 Å². The number of hydrogen-bond donors (Lipinski definition) is 0. The van der Waals surface area contributed by atoms with E-state index >= 15 is 0 Å². The molecule has 6 heteroatoms. The fourth-order valence-electron chi connectivity index (χ4n) is 1.38. The molecule has 0 saturated carbocycles. The second-order valence-corrected chi connectivity index (χ2v) is 3.74. The SMILES string of the molecule is COC(=O)CN(C/C=C\c1ccco1)CC(=O)OC. The lowest BCUT2D eigenvalue weighted by molar-refractivity contribution is -0.145. The minimum atomic E-state index is -0.407. The summed E-state index contributed by atoms with van der Waals surface area (Å²) in [4.78, 5) is 24.1. The molecule has 0 aliphatic carbocycles. The second kappa shape index (κ2) is 8.10. The van der Waals surface area contributed by atoms with E-state index < -0.39 is 11.9 Å². The molecule has 0 amide bonds. The molecule has 1 aromatic heterocycles. The first-order valence-electron chi connectivity index (χ1n) is 5.71. The summed E-state index contributed by atoms with van der Waals surface area (Å²) < 4.78 is 14.3. The lowest BCUT2D eigenvalue weighted by Gasteiger charge is -2.17. The van der Waals surface area contributed by atoms with Gasteiger partial charge in [-0.05, 0) is 18.2 Å². The summed E-state index contributed by atoms with van der Waals surface area (Å²) in [6, 6.07) is 3.59. The van der Waals surface area contributed by atoms with Gasteiger partial charge in [0.1, 0.15) is 5.76 Å². The number of rotatable bonds is 7. The normalized spacial score (nSPS) is 10.9. The van der Waals surface area contributed by atoms with Crippen molar-refractivity contribution in [1.82, 2.24) is 4.90 Å². The zero-order chi connectivity index (χ0) is 14.1. The van der Waals surface area contributed by atoms with E-state index in [1.165, 1.54) is 14.2 Å². The molecule has 0 unspecified atom stereocenters. The van der Waals surface area contributed by atoms with Gasteiger partial charge in [-0.25, -0.2) is 0 Å². The summed E-state index contributed by atoms with van der Waals surface area (Å²) in [6.45, 7) is 0.451. The van der Waals surface area contributed by atoms with Gasteiger partial charge in [-0.15, -0.1) is 0 Å². The van der Waals surface area contributed by atoms with Crippen LogP contribution in [0.5, 0.6) is 0 Å². The maximum atomic E-state index is 11.2. The quantitative estimate of drug-likeness (QED) is 0.685. The first kappa shape index (κ1) is 15.0. The van der Waals surface area contributed by atoms with Gasteiger partial charge in [-0.3, -0.25) is 14.5 Å². The largest absolute Gasteiger partial charge is 0.468 e. The number of methoxy groups -OCH3 is 2. The summed E-state index contributed by atoms with van der Waals surface area (Å²) >= 11 is 0. The highest BCUT2D eigenvalue weighted by molar-refractivity contribution is 5.74. The molecule has 0 atom stereocenters. The highest BCUT2D eigenvalue weighted by Crippen LogP contribution is 2.02. The van der Waals surface area contributed by atoms with Crippen molar-refractivity contribution in [2.75, 3.05) is 33.9 Å². The molecule has 0 radical (unpaired) electrons. The van der Waals surface area contributed by atoms with Gasteiger partial charge in [0, 0.05) is 6.54 Å².